The molecule has 0 aliphatic carbocycles. The summed E-state index contributed by atoms with van der Waals surface area (Å²) in [6.45, 7) is 4.79. The molecule has 0 spiro atoms. The normalized spacial score (nSPS) is 12.4. The highest BCUT2D eigenvalue weighted by molar-refractivity contribution is 9.10. The summed E-state index contributed by atoms with van der Waals surface area (Å²) in [5, 5.41) is 0. The number of thiophene rings is 1. The molecule has 0 fully saturated rings. The standard InChI is InChI=1S/C16H20BrNOS/c1-3-13-7-8-14(20-13)10-19-16-12(9-11(2)18)5-4-6-15(16)17/h4-8,11H,3,9-10,18H2,1-2H3. The highest BCUT2D eigenvalue weighted by Gasteiger charge is 2.10. The molecule has 0 saturated carbocycles. The van der Waals surface area contributed by atoms with Gasteiger partial charge in [-0.15, -0.1) is 11.3 Å². The molecule has 1 unspecified atom stereocenters. The molecule has 20 heavy (non-hydrogen) atoms. The maximum atomic E-state index is 6.02. The smallest absolute Gasteiger partial charge is 0.137 e. The predicted molar refractivity (Wildman–Crippen MR) is 89.5 cm³/mol. The molecule has 4 heteroatoms. The van der Waals surface area contributed by atoms with Crippen LogP contribution in [0.25, 0.3) is 0 Å². The Bertz CT molecular complexity index is 565. The Kier molecular flexibility index (Phi) is 5.64. The first-order valence-corrected chi connectivity index (χ1v) is 8.44. The van der Waals surface area contributed by atoms with Gasteiger partial charge in [-0.05, 0) is 59.5 Å². The van der Waals surface area contributed by atoms with Crippen LogP contribution >= 0.6 is 27.3 Å². The van der Waals surface area contributed by atoms with Crippen molar-refractivity contribution in [1.82, 2.24) is 0 Å². The summed E-state index contributed by atoms with van der Waals surface area (Å²) in [5.41, 5.74) is 7.06. The van der Waals surface area contributed by atoms with E-state index in [1.165, 1.54) is 9.75 Å². The Morgan fingerprint density at radius 2 is 2.00 bits per heavy atom. The van der Waals surface area contributed by atoms with Crippen LogP contribution in [0, 0.1) is 0 Å². The highest BCUT2D eigenvalue weighted by atomic mass is 79.9. The van der Waals surface area contributed by atoms with Crippen LogP contribution in [-0.4, -0.2) is 6.04 Å². The van der Waals surface area contributed by atoms with Crippen molar-refractivity contribution in [2.24, 2.45) is 5.73 Å². The molecule has 0 amide bonds. The summed E-state index contributed by atoms with van der Waals surface area (Å²) in [5.74, 6) is 0.913. The second kappa shape index (κ2) is 7.25. The van der Waals surface area contributed by atoms with E-state index in [1.807, 2.05) is 30.4 Å². The SMILES string of the molecule is CCc1ccc(COc2c(Br)cccc2CC(C)N)s1. The van der Waals surface area contributed by atoms with Gasteiger partial charge in [0.15, 0.2) is 0 Å². The molecule has 0 aliphatic heterocycles. The second-order valence-corrected chi connectivity index (χ2v) is 7.03. The third-order valence-electron chi connectivity index (χ3n) is 3.01. The molecule has 0 radical (unpaired) electrons. The minimum absolute atomic E-state index is 0.125. The number of nitrogens with two attached hydrogens (primary N) is 1. The first kappa shape index (κ1) is 15.5. The number of halogens is 1. The van der Waals surface area contributed by atoms with Crippen molar-refractivity contribution in [3.05, 3.63) is 50.1 Å². The number of aryl methyl sites for hydroxylation is 1. The van der Waals surface area contributed by atoms with Gasteiger partial charge in [0, 0.05) is 15.8 Å². The van der Waals surface area contributed by atoms with Crippen LogP contribution in [0.4, 0.5) is 0 Å². The molecule has 1 aromatic heterocycles. The molecule has 1 aromatic carbocycles. The quantitative estimate of drug-likeness (QED) is 0.827. The van der Waals surface area contributed by atoms with Crippen LogP contribution in [0.15, 0.2) is 34.8 Å². The van der Waals surface area contributed by atoms with Crippen LogP contribution in [0.5, 0.6) is 5.75 Å². The largest absolute Gasteiger partial charge is 0.487 e. The minimum atomic E-state index is 0.125. The molecular formula is C16H20BrNOS. The van der Waals surface area contributed by atoms with Crippen molar-refractivity contribution in [3.63, 3.8) is 0 Å². The Labute approximate surface area is 133 Å². The van der Waals surface area contributed by atoms with Crippen molar-refractivity contribution in [3.8, 4) is 5.75 Å². The number of benzene rings is 1. The average Bonchev–Trinajstić information content (AvgIpc) is 2.85. The van der Waals surface area contributed by atoms with Crippen molar-refractivity contribution < 1.29 is 4.74 Å². The number of hydrogen-bond donors (Lipinski definition) is 1. The maximum absolute atomic E-state index is 6.02. The lowest BCUT2D eigenvalue weighted by atomic mass is 10.1. The van der Waals surface area contributed by atoms with Crippen molar-refractivity contribution in [1.29, 1.82) is 0 Å². The summed E-state index contributed by atoms with van der Waals surface area (Å²) in [4.78, 5) is 2.65. The van der Waals surface area contributed by atoms with Gasteiger partial charge in [-0.1, -0.05) is 19.1 Å². The summed E-state index contributed by atoms with van der Waals surface area (Å²) in [6, 6.07) is 10.5. The lowest BCUT2D eigenvalue weighted by Crippen LogP contribution is -2.18. The van der Waals surface area contributed by atoms with Gasteiger partial charge in [-0.3, -0.25) is 0 Å². The Morgan fingerprint density at radius 3 is 2.65 bits per heavy atom. The molecule has 2 nitrogen and oxygen atoms in total. The highest BCUT2D eigenvalue weighted by Crippen LogP contribution is 2.31. The Hall–Kier alpha value is -0.840. The van der Waals surface area contributed by atoms with E-state index in [4.69, 9.17) is 10.5 Å². The van der Waals surface area contributed by atoms with E-state index in [-0.39, 0.29) is 6.04 Å². The third-order valence-corrected chi connectivity index (χ3v) is 4.84. The molecule has 0 saturated heterocycles. The number of rotatable bonds is 6. The predicted octanol–water partition coefficient (Wildman–Crippen LogP) is 4.54. The zero-order valence-corrected chi connectivity index (χ0v) is 14.3. The molecule has 2 N–H and O–H groups in total. The molecular weight excluding hydrogens is 334 g/mol. The summed E-state index contributed by atoms with van der Waals surface area (Å²) in [7, 11) is 0. The Balaban J connectivity index is 2.11. The van der Waals surface area contributed by atoms with Gasteiger partial charge in [-0.25, -0.2) is 0 Å². The fourth-order valence-corrected chi connectivity index (χ4v) is 3.45. The zero-order chi connectivity index (χ0) is 14.5. The van der Waals surface area contributed by atoms with Gasteiger partial charge in [0.05, 0.1) is 4.47 Å². The molecule has 0 bridgehead atoms. The average molecular weight is 354 g/mol. The minimum Gasteiger partial charge on any atom is -0.487 e. The van der Waals surface area contributed by atoms with E-state index in [0.717, 1.165) is 28.6 Å². The van der Waals surface area contributed by atoms with Crippen molar-refractivity contribution in [2.45, 2.75) is 39.3 Å². The van der Waals surface area contributed by atoms with Crippen LogP contribution in [0.3, 0.4) is 0 Å². The van der Waals surface area contributed by atoms with Gasteiger partial charge in [0.1, 0.15) is 12.4 Å². The van der Waals surface area contributed by atoms with Gasteiger partial charge in [-0.2, -0.15) is 0 Å². The molecule has 108 valence electrons. The molecule has 2 rings (SSSR count). The summed E-state index contributed by atoms with van der Waals surface area (Å²) < 4.78 is 7.01. The lowest BCUT2D eigenvalue weighted by Gasteiger charge is -2.14. The van der Waals surface area contributed by atoms with Crippen LogP contribution < -0.4 is 10.5 Å². The van der Waals surface area contributed by atoms with E-state index in [0.29, 0.717) is 6.61 Å². The van der Waals surface area contributed by atoms with Crippen LogP contribution in [0.2, 0.25) is 0 Å². The van der Waals surface area contributed by atoms with Gasteiger partial charge in [0.25, 0.3) is 0 Å². The monoisotopic (exact) mass is 353 g/mol. The van der Waals surface area contributed by atoms with Crippen molar-refractivity contribution >= 4 is 27.3 Å². The van der Waals surface area contributed by atoms with E-state index in [2.05, 4.69) is 41.1 Å². The summed E-state index contributed by atoms with van der Waals surface area (Å²) in [6.07, 6.45) is 1.90. The molecule has 0 aliphatic rings. The molecule has 1 heterocycles. The summed E-state index contributed by atoms with van der Waals surface area (Å²) >= 11 is 5.38. The Morgan fingerprint density at radius 1 is 1.25 bits per heavy atom. The van der Waals surface area contributed by atoms with E-state index in [1.54, 1.807) is 0 Å². The topological polar surface area (TPSA) is 35.2 Å². The first-order chi connectivity index (χ1) is 9.60. The first-order valence-electron chi connectivity index (χ1n) is 6.83. The lowest BCUT2D eigenvalue weighted by molar-refractivity contribution is 0.304. The molecule has 2 aromatic rings. The fraction of sp³-hybridized carbons (Fsp3) is 0.375. The number of ether oxygens (including phenoxy) is 1. The second-order valence-electron chi connectivity index (χ2n) is 4.92. The van der Waals surface area contributed by atoms with Crippen LogP contribution in [-0.2, 0) is 19.4 Å². The van der Waals surface area contributed by atoms with E-state index < -0.39 is 0 Å². The van der Waals surface area contributed by atoms with Crippen LogP contribution in [0.1, 0.15) is 29.2 Å². The number of para-hydroxylation sites is 1. The fourth-order valence-electron chi connectivity index (χ4n) is 2.06. The maximum Gasteiger partial charge on any atom is 0.137 e. The van der Waals surface area contributed by atoms with Crippen molar-refractivity contribution in [2.75, 3.05) is 0 Å². The van der Waals surface area contributed by atoms with E-state index in [9.17, 15) is 0 Å². The number of hydrogen-bond acceptors (Lipinski definition) is 3. The van der Waals surface area contributed by atoms with Gasteiger partial charge >= 0.3 is 0 Å². The molecule has 1 atom stereocenters. The van der Waals surface area contributed by atoms with Gasteiger partial charge in [0.2, 0.25) is 0 Å². The zero-order valence-electron chi connectivity index (χ0n) is 11.9. The van der Waals surface area contributed by atoms with E-state index >= 15 is 0 Å². The third kappa shape index (κ3) is 4.08. The van der Waals surface area contributed by atoms with Gasteiger partial charge < -0.3 is 10.5 Å².